The van der Waals surface area contributed by atoms with Gasteiger partial charge in [0.05, 0.1) is 16.7 Å². The Morgan fingerprint density at radius 3 is 2.62 bits per heavy atom. The van der Waals surface area contributed by atoms with Crippen molar-refractivity contribution in [3.8, 4) is 0 Å². The lowest BCUT2D eigenvalue weighted by Gasteiger charge is -2.40. The predicted octanol–water partition coefficient (Wildman–Crippen LogP) is 2.91. The highest BCUT2D eigenvalue weighted by molar-refractivity contribution is 5.76. The second-order valence-electron chi connectivity index (χ2n) is 5.96. The van der Waals surface area contributed by atoms with Gasteiger partial charge in [-0.3, -0.25) is 0 Å². The summed E-state index contributed by atoms with van der Waals surface area (Å²) in [5.41, 5.74) is 3.00. The van der Waals surface area contributed by atoms with Crippen LogP contribution in [0.3, 0.4) is 0 Å². The van der Waals surface area contributed by atoms with Gasteiger partial charge < -0.3 is 10.2 Å². The maximum atomic E-state index is 4.90. The Morgan fingerprint density at radius 1 is 1.19 bits per heavy atom. The van der Waals surface area contributed by atoms with Crippen LogP contribution >= 0.6 is 0 Å². The fraction of sp³-hybridized carbons (Fsp3) is 0.529. The van der Waals surface area contributed by atoms with Gasteiger partial charge in [-0.25, -0.2) is 9.97 Å². The van der Waals surface area contributed by atoms with Gasteiger partial charge in [0.1, 0.15) is 0 Å². The normalized spacial score (nSPS) is 20.7. The molecule has 0 radical (unpaired) electrons. The van der Waals surface area contributed by atoms with Gasteiger partial charge in [-0.15, -0.1) is 0 Å². The van der Waals surface area contributed by atoms with Crippen LogP contribution in [0.2, 0.25) is 0 Å². The van der Waals surface area contributed by atoms with Gasteiger partial charge >= 0.3 is 0 Å². The average Bonchev–Trinajstić information content (AvgIpc) is 2.53. The lowest BCUT2D eigenvalue weighted by atomic mass is 9.96. The Morgan fingerprint density at radius 2 is 1.90 bits per heavy atom. The lowest BCUT2D eigenvalue weighted by molar-refractivity contribution is 0.380. The van der Waals surface area contributed by atoms with Crippen molar-refractivity contribution >= 4 is 16.9 Å². The van der Waals surface area contributed by atoms with E-state index in [9.17, 15) is 0 Å². The smallest absolute Gasteiger partial charge is 0.151 e. The summed E-state index contributed by atoms with van der Waals surface area (Å²) in [4.78, 5) is 12.1. The molecule has 4 nitrogen and oxygen atoms in total. The highest BCUT2D eigenvalue weighted by Gasteiger charge is 2.29. The first kappa shape index (κ1) is 14.3. The zero-order chi connectivity index (χ0) is 14.8. The van der Waals surface area contributed by atoms with E-state index in [-0.39, 0.29) is 0 Å². The number of hydrogen-bond donors (Lipinski definition) is 1. The summed E-state index contributed by atoms with van der Waals surface area (Å²) >= 11 is 0. The molecule has 0 spiro atoms. The van der Waals surface area contributed by atoms with Crippen molar-refractivity contribution in [3.05, 3.63) is 30.0 Å². The molecule has 1 aliphatic heterocycles. The Hall–Kier alpha value is -1.68. The van der Waals surface area contributed by atoms with Crippen molar-refractivity contribution in [1.29, 1.82) is 0 Å². The van der Waals surface area contributed by atoms with Crippen LogP contribution in [-0.2, 0) is 0 Å². The standard InChI is InChI=1S/C17H24N4/c1-12(18-3)16-10-6-7-11-21(16)17-13(2)19-14-8-4-5-9-15(14)20-17/h4-5,8-9,12,16,18H,6-7,10-11H2,1-3H3. The summed E-state index contributed by atoms with van der Waals surface area (Å²) in [6, 6.07) is 9.08. The molecular formula is C17H24N4. The van der Waals surface area contributed by atoms with E-state index in [1.165, 1.54) is 19.3 Å². The molecule has 3 rings (SSSR count). The monoisotopic (exact) mass is 284 g/mol. The van der Waals surface area contributed by atoms with E-state index in [2.05, 4.69) is 24.1 Å². The van der Waals surface area contributed by atoms with E-state index >= 15 is 0 Å². The van der Waals surface area contributed by atoms with Crippen LogP contribution in [-0.4, -0.2) is 35.6 Å². The van der Waals surface area contributed by atoms with Gasteiger partial charge in [-0.1, -0.05) is 12.1 Å². The maximum absolute atomic E-state index is 4.90. The van der Waals surface area contributed by atoms with Crippen molar-refractivity contribution in [3.63, 3.8) is 0 Å². The van der Waals surface area contributed by atoms with E-state index in [0.717, 1.165) is 29.1 Å². The number of anilines is 1. The Balaban J connectivity index is 2.02. The molecule has 2 atom stereocenters. The quantitative estimate of drug-likeness (QED) is 0.941. The highest BCUT2D eigenvalue weighted by Crippen LogP contribution is 2.28. The molecule has 1 aromatic heterocycles. The summed E-state index contributed by atoms with van der Waals surface area (Å²) in [5.74, 6) is 1.06. The molecule has 1 aromatic carbocycles. The zero-order valence-corrected chi connectivity index (χ0v) is 13.1. The molecule has 1 fully saturated rings. The topological polar surface area (TPSA) is 41.0 Å². The van der Waals surface area contributed by atoms with E-state index in [4.69, 9.17) is 9.97 Å². The number of aryl methyl sites for hydroxylation is 1. The molecule has 2 heterocycles. The first-order valence-corrected chi connectivity index (χ1v) is 7.88. The fourth-order valence-corrected chi connectivity index (χ4v) is 3.28. The maximum Gasteiger partial charge on any atom is 0.151 e. The molecule has 0 bridgehead atoms. The Bertz CT molecular complexity index is 625. The minimum Gasteiger partial charge on any atom is -0.351 e. The molecule has 0 amide bonds. The average molecular weight is 284 g/mol. The SMILES string of the molecule is CNC(C)C1CCCCN1c1nc2ccccc2nc1C. The van der Waals surface area contributed by atoms with Crippen LogP contribution in [0.4, 0.5) is 5.82 Å². The van der Waals surface area contributed by atoms with Crippen LogP contribution in [0.5, 0.6) is 0 Å². The molecule has 1 N–H and O–H groups in total. The van der Waals surface area contributed by atoms with Crippen LogP contribution in [0.1, 0.15) is 31.9 Å². The third kappa shape index (κ3) is 2.72. The number of rotatable bonds is 3. The number of hydrogen-bond acceptors (Lipinski definition) is 4. The summed E-state index contributed by atoms with van der Waals surface area (Å²) in [7, 11) is 2.04. The predicted molar refractivity (Wildman–Crippen MR) is 87.8 cm³/mol. The minimum absolute atomic E-state index is 0.456. The molecular weight excluding hydrogens is 260 g/mol. The molecule has 1 saturated heterocycles. The third-order valence-corrected chi connectivity index (χ3v) is 4.57. The molecule has 2 aromatic rings. The van der Waals surface area contributed by atoms with Gasteiger partial charge in [-0.05, 0) is 52.3 Å². The number of para-hydroxylation sites is 2. The third-order valence-electron chi connectivity index (χ3n) is 4.57. The second kappa shape index (κ2) is 5.98. The minimum atomic E-state index is 0.456. The first-order chi connectivity index (χ1) is 10.2. The van der Waals surface area contributed by atoms with Crippen molar-refractivity contribution in [2.24, 2.45) is 0 Å². The highest BCUT2D eigenvalue weighted by atomic mass is 15.2. The molecule has 21 heavy (non-hydrogen) atoms. The first-order valence-electron chi connectivity index (χ1n) is 7.88. The van der Waals surface area contributed by atoms with E-state index in [1.807, 2.05) is 31.3 Å². The summed E-state index contributed by atoms with van der Waals surface area (Å²) in [5, 5.41) is 3.40. The van der Waals surface area contributed by atoms with Crippen LogP contribution in [0, 0.1) is 6.92 Å². The number of fused-ring (bicyclic) bond motifs is 1. The summed E-state index contributed by atoms with van der Waals surface area (Å²) in [6.07, 6.45) is 3.75. The summed E-state index contributed by atoms with van der Waals surface area (Å²) in [6.45, 7) is 5.40. The largest absolute Gasteiger partial charge is 0.351 e. The molecule has 0 aliphatic carbocycles. The number of nitrogens with one attached hydrogen (secondary N) is 1. The second-order valence-corrected chi connectivity index (χ2v) is 5.96. The van der Waals surface area contributed by atoms with Crippen LogP contribution in [0.15, 0.2) is 24.3 Å². The number of benzene rings is 1. The van der Waals surface area contributed by atoms with Crippen molar-refractivity contribution in [2.75, 3.05) is 18.5 Å². The molecule has 2 unspecified atom stereocenters. The van der Waals surface area contributed by atoms with Crippen molar-refractivity contribution in [2.45, 2.75) is 45.2 Å². The fourth-order valence-electron chi connectivity index (χ4n) is 3.28. The van der Waals surface area contributed by atoms with Gasteiger partial charge in [0.15, 0.2) is 5.82 Å². The van der Waals surface area contributed by atoms with Crippen molar-refractivity contribution in [1.82, 2.24) is 15.3 Å². The van der Waals surface area contributed by atoms with Gasteiger partial charge in [0, 0.05) is 18.6 Å². The van der Waals surface area contributed by atoms with Crippen LogP contribution < -0.4 is 10.2 Å². The Labute approximate surface area is 126 Å². The molecule has 112 valence electrons. The van der Waals surface area contributed by atoms with Crippen molar-refractivity contribution < 1.29 is 0 Å². The zero-order valence-electron chi connectivity index (χ0n) is 13.1. The van der Waals surface area contributed by atoms with E-state index < -0.39 is 0 Å². The molecule has 4 heteroatoms. The van der Waals surface area contributed by atoms with E-state index in [0.29, 0.717) is 12.1 Å². The van der Waals surface area contributed by atoms with Gasteiger partial charge in [0.25, 0.3) is 0 Å². The van der Waals surface area contributed by atoms with Crippen LogP contribution in [0.25, 0.3) is 11.0 Å². The van der Waals surface area contributed by atoms with E-state index in [1.54, 1.807) is 0 Å². The number of nitrogens with zero attached hydrogens (tertiary/aromatic N) is 3. The molecule has 0 saturated carbocycles. The lowest BCUT2D eigenvalue weighted by Crippen LogP contribution is -2.51. The number of likely N-dealkylation sites (N-methyl/N-ethyl adjacent to an activating group) is 1. The Kier molecular flexibility index (Phi) is 4.06. The molecule has 1 aliphatic rings. The number of piperidine rings is 1. The van der Waals surface area contributed by atoms with Gasteiger partial charge in [-0.2, -0.15) is 0 Å². The number of aromatic nitrogens is 2. The summed E-state index contributed by atoms with van der Waals surface area (Å²) < 4.78 is 0. The van der Waals surface area contributed by atoms with Gasteiger partial charge in [0.2, 0.25) is 0 Å².